The molecule has 0 saturated heterocycles. The lowest BCUT2D eigenvalue weighted by atomic mass is 9.90. The van der Waals surface area contributed by atoms with Crippen molar-refractivity contribution in [1.29, 1.82) is 0 Å². The minimum Gasteiger partial charge on any atom is -0.489 e. The van der Waals surface area contributed by atoms with Crippen LogP contribution in [0.15, 0.2) is 42.6 Å². The van der Waals surface area contributed by atoms with E-state index in [4.69, 9.17) is 9.47 Å². The van der Waals surface area contributed by atoms with Crippen molar-refractivity contribution in [2.24, 2.45) is 11.8 Å². The predicted octanol–water partition coefficient (Wildman–Crippen LogP) is 4.41. The van der Waals surface area contributed by atoms with Crippen molar-refractivity contribution < 1.29 is 19.1 Å². The fraction of sp³-hybridized carbons (Fsp3) is 0.458. The molecule has 2 amide bonds. The summed E-state index contributed by atoms with van der Waals surface area (Å²) < 4.78 is 11.6. The van der Waals surface area contributed by atoms with Gasteiger partial charge in [-0.25, -0.2) is 4.98 Å². The number of carbonyl (C=O) groups is 2. The fourth-order valence-electron chi connectivity index (χ4n) is 3.73. The van der Waals surface area contributed by atoms with Crippen LogP contribution < -0.4 is 20.1 Å². The minimum atomic E-state index is -0.325. The van der Waals surface area contributed by atoms with E-state index in [1.54, 1.807) is 36.5 Å². The molecule has 0 atom stereocenters. The summed E-state index contributed by atoms with van der Waals surface area (Å²) in [5.74, 6) is 1.89. The zero-order valence-electron chi connectivity index (χ0n) is 17.6. The molecular weight excluding hydrogens is 394 g/mol. The summed E-state index contributed by atoms with van der Waals surface area (Å²) in [6, 6.07) is 10.7. The van der Waals surface area contributed by atoms with Gasteiger partial charge in [0.15, 0.2) is 18.2 Å². The first kappa shape index (κ1) is 21.2. The average molecular weight is 424 g/mol. The molecule has 0 unspecified atom stereocenters. The van der Waals surface area contributed by atoms with Crippen LogP contribution in [-0.2, 0) is 9.59 Å². The van der Waals surface area contributed by atoms with Gasteiger partial charge in [-0.05, 0) is 55.9 Å². The third-order valence-corrected chi connectivity index (χ3v) is 5.65. The molecule has 2 saturated carbocycles. The summed E-state index contributed by atoms with van der Waals surface area (Å²) in [6.45, 7) is 0.475. The van der Waals surface area contributed by atoms with Crippen molar-refractivity contribution in [3.63, 3.8) is 0 Å². The second-order valence-corrected chi connectivity index (χ2v) is 8.29. The maximum Gasteiger partial charge on any atom is 0.263 e. The van der Waals surface area contributed by atoms with E-state index in [1.165, 1.54) is 32.1 Å². The number of anilines is 2. The molecule has 2 aliphatic rings. The monoisotopic (exact) mass is 423 g/mol. The first-order valence-corrected chi connectivity index (χ1v) is 11.1. The van der Waals surface area contributed by atoms with Crippen molar-refractivity contribution in [2.45, 2.75) is 44.9 Å². The molecule has 0 spiro atoms. The van der Waals surface area contributed by atoms with E-state index in [1.807, 2.05) is 6.07 Å². The number of hydrogen-bond donors (Lipinski definition) is 2. The van der Waals surface area contributed by atoms with E-state index >= 15 is 0 Å². The molecule has 1 aromatic heterocycles. The van der Waals surface area contributed by atoms with E-state index < -0.39 is 0 Å². The summed E-state index contributed by atoms with van der Waals surface area (Å²) in [6.07, 6.45) is 9.72. The van der Waals surface area contributed by atoms with Crippen LogP contribution in [0, 0.1) is 11.8 Å². The average Bonchev–Trinajstić information content (AvgIpc) is 3.64. The first-order chi connectivity index (χ1) is 15.2. The Morgan fingerprint density at radius 1 is 0.968 bits per heavy atom. The van der Waals surface area contributed by atoms with Crippen LogP contribution >= 0.6 is 0 Å². The number of benzene rings is 1. The highest BCUT2D eigenvalue weighted by atomic mass is 16.5. The predicted molar refractivity (Wildman–Crippen MR) is 118 cm³/mol. The zero-order chi connectivity index (χ0) is 21.5. The lowest BCUT2D eigenvalue weighted by Gasteiger charge is -2.22. The molecule has 31 heavy (non-hydrogen) atoms. The summed E-state index contributed by atoms with van der Waals surface area (Å²) in [7, 11) is 0. The van der Waals surface area contributed by atoms with Gasteiger partial charge in [0.05, 0.1) is 6.61 Å². The van der Waals surface area contributed by atoms with Crippen LogP contribution in [0.4, 0.5) is 11.5 Å². The summed E-state index contributed by atoms with van der Waals surface area (Å²) >= 11 is 0. The molecule has 2 fully saturated rings. The topological polar surface area (TPSA) is 89.5 Å². The normalized spacial score (nSPS) is 16.4. The highest BCUT2D eigenvalue weighted by Crippen LogP contribution is 2.31. The smallest absolute Gasteiger partial charge is 0.263 e. The summed E-state index contributed by atoms with van der Waals surface area (Å²) in [4.78, 5) is 28.6. The highest BCUT2D eigenvalue weighted by molar-refractivity contribution is 5.94. The van der Waals surface area contributed by atoms with Crippen molar-refractivity contribution in [3.05, 3.63) is 42.6 Å². The van der Waals surface area contributed by atoms with Crippen LogP contribution in [0.25, 0.3) is 0 Å². The zero-order valence-corrected chi connectivity index (χ0v) is 17.6. The Kier molecular flexibility index (Phi) is 7.02. The Morgan fingerprint density at radius 3 is 2.61 bits per heavy atom. The number of rotatable bonds is 9. The van der Waals surface area contributed by atoms with Gasteiger partial charge in [0.25, 0.3) is 5.91 Å². The second-order valence-electron chi connectivity index (χ2n) is 8.29. The number of carbonyl (C=O) groups excluding carboxylic acids is 2. The van der Waals surface area contributed by atoms with E-state index in [0.717, 1.165) is 12.8 Å². The number of nitrogens with zero attached hydrogens (tertiary/aromatic N) is 1. The number of aromatic nitrogens is 1. The lowest BCUT2D eigenvalue weighted by Crippen LogP contribution is -2.22. The van der Waals surface area contributed by atoms with Gasteiger partial charge >= 0.3 is 0 Å². The molecule has 164 valence electrons. The fourth-order valence-corrected chi connectivity index (χ4v) is 3.73. The van der Waals surface area contributed by atoms with E-state index in [2.05, 4.69) is 15.6 Å². The van der Waals surface area contributed by atoms with Crippen LogP contribution in [-0.4, -0.2) is 30.0 Å². The van der Waals surface area contributed by atoms with Gasteiger partial charge in [-0.2, -0.15) is 0 Å². The molecule has 0 aliphatic heterocycles. The molecule has 7 heteroatoms. The van der Waals surface area contributed by atoms with Gasteiger partial charge in [0.1, 0.15) is 5.75 Å². The van der Waals surface area contributed by atoms with Gasteiger partial charge in [-0.15, -0.1) is 0 Å². The first-order valence-electron chi connectivity index (χ1n) is 11.1. The molecule has 2 N–H and O–H groups in total. The molecular formula is C24H29N3O4. The molecule has 1 heterocycles. The number of nitrogens with one attached hydrogen (secondary N) is 2. The third-order valence-electron chi connectivity index (χ3n) is 5.65. The van der Waals surface area contributed by atoms with Gasteiger partial charge in [0, 0.05) is 23.9 Å². The largest absolute Gasteiger partial charge is 0.489 e. The molecule has 7 nitrogen and oxygen atoms in total. The quantitative estimate of drug-likeness (QED) is 0.624. The van der Waals surface area contributed by atoms with Crippen LogP contribution in [0.1, 0.15) is 44.9 Å². The van der Waals surface area contributed by atoms with E-state index in [0.29, 0.717) is 35.5 Å². The molecule has 4 rings (SSSR count). The van der Waals surface area contributed by atoms with Crippen molar-refractivity contribution in [3.8, 4) is 11.5 Å². The standard InChI is InChI=1S/C24H29N3O4/c28-22(16-30-20-9-4-8-19(14-20)26-24(29)18-11-12-18)27-23-21(10-5-13-25-23)31-15-17-6-2-1-3-7-17/h4-5,8-10,13-14,17-18H,1-3,6-7,11-12,15-16H2,(H,26,29)(H,25,27,28). The third kappa shape index (κ3) is 6.44. The van der Waals surface area contributed by atoms with Crippen molar-refractivity contribution >= 4 is 23.3 Å². The maximum atomic E-state index is 12.4. The number of pyridine rings is 1. The van der Waals surface area contributed by atoms with Crippen LogP contribution in [0.3, 0.4) is 0 Å². The Hall–Kier alpha value is -3.09. The van der Waals surface area contributed by atoms with Crippen LogP contribution in [0.2, 0.25) is 0 Å². The van der Waals surface area contributed by atoms with Gasteiger partial charge in [-0.1, -0.05) is 25.3 Å². The molecule has 0 radical (unpaired) electrons. The van der Waals surface area contributed by atoms with Gasteiger partial charge in [-0.3, -0.25) is 9.59 Å². The molecule has 2 aromatic rings. The van der Waals surface area contributed by atoms with Crippen LogP contribution in [0.5, 0.6) is 11.5 Å². The number of amides is 2. The summed E-state index contributed by atoms with van der Waals surface area (Å²) in [5.41, 5.74) is 0.665. The summed E-state index contributed by atoms with van der Waals surface area (Å²) in [5, 5.41) is 5.64. The molecule has 1 aromatic carbocycles. The Balaban J connectivity index is 1.27. The van der Waals surface area contributed by atoms with E-state index in [9.17, 15) is 9.59 Å². The Labute approximate surface area is 182 Å². The highest BCUT2D eigenvalue weighted by Gasteiger charge is 2.29. The van der Waals surface area contributed by atoms with Gasteiger partial charge in [0.2, 0.25) is 5.91 Å². The Morgan fingerprint density at radius 2 is 1.81 bits per heavy atom. The lowest BCUT2D eigenvalue weighted by molar-refractivity contribution is -0.118. The van der Waals surface area contributed by atoms with Crippen molar-refractivity contribution in [2.75, 3.05) is 23.8 Å². The second kappa shape index (κ2) is 10.3. The SMILES string of the molecule is O=C(COc1cccc(NC(=O)C2CC2)c1)Nc1ncccc1OCC1CCCCC1. The van der Waals surface area contributed by atoms with Gasteiger partial charge < -0.3 is 20.1 Å². The number of hydrogen-bond acceptors (Lipinski definition) is 5. The van der Waals surface area contributed by atoms with Crippen molar-refractivity contribution in [1.82, 2.24) is 4.98 Å². The maximum absolute atomic E-state index is 12.4. The number of ether oxygens (including phenoxy) is 2. The molecule has 0 bridgehead atoms. The minimum absolute atomic E-state index is 0.0331. The molecule has 2 aliphatic carbocycles. The Bertz CT molecular complexity index is 907. The van der Waals surface area contributed by atoms with E-state index in [-0.39, 0.29) is 24.3 Å².